The first-order valence-corrected chi connectivity index (χ1v) is 8.78. The minimum Gasteiger partial charge on any atom is -0.507 e. The molecule has 2 aromatic carbocycles. The number of phenols is 1. The van der Waals surface area contributed by atoms with E-state index in [-0.39, 0.29) is 11.9 Å². The van der Waals surface area contributed by atoms with E-state index < -0.39 is 0 Å². The van der Waals surface area contributed by atoms with Crippen molar-refractivity contribution in [3.05, 3.63) is 62.5 Å². The van der Waals surface area contributed by atoms with Gasteiger partial charge in [-0.05, 0) is 45.3 Å². The van der Waals surface area contributed by atoms with Gasteiger partial charge in [0, 0.05) is 24.1 Å². The van der Waals surface area contributed by atoms with E-state index in [4.69, 9.17) is 4.74 Å². The summed E-state index contributed by atoms with van der Waals surface area (Å²) in [6.07, 6.45) is 0.0953. The summed E-state index contributed by atoms with van der Waals surface area (Å²) in [5.74, 6) is 0.287. The SMILES string of the molecule is Oc1cccc(CN2CCOC(c3ccc(Br)cc3)C2)c1Br. The van der Waals surface area contributed by atoms with Crippen LogP contribution < -0.4 is 0 Å². The van der Waals surface area contributed by atoms with Gasteiger partial charge >= 0.3 is 0 Å². The van der Waals surface area contributed by atoms with Crippen LogP contribution in [0.3, 0.4) is 0 Å². The highest BCUT2D eigenvalue weighted by Crippen LogP contribution is 2.30. The lowest BCUT2D eigenvalue weighted by molar-refractivity contribution is -0.0330. The van der Waals surface area contributed by atoms with Crippen molar-refractivity contribution in [2.24, 2.45) is 0 Å². The molecule has 1 saturated heterocycles. The first-order valence-electron chi connectivity index (χ1n) is 7.19. The molecule has 3 nitrogen and oxygen atoms in total. The molecular formula is C17H17Br2NO2. The summed E-state index contributed by atoms with van der Waals surface area (Å²) in [6.45, 7) is 3.27. The zero-order chi connectivity index (χ0) is 15.5. The van der Waals surface area contributed by atoms with Crippen LogP contribution in [0.25, 0.3) is 0 Å². The van der Waals surface area contributed by atoms with Crippen LogP contribution in [0, 0.1) is 0 Å². The number of aromatic hydroxyl groups is 1. The fraction of sp³-hybridized carbons (Fsp3) is 0.294. The molecule has 1 unspecified atom stereocenters. The molecule has 0 bridgehead atoms. The van der Waals surface area contributed by atoms with E-state index in [0.717, 1.165) is 40.8 Å². The molecule has 116 valence electrons. The predicted octanol–water partition coefficient (Wildman–Crippen LogP) is 4.49. The Labute approximate surface area is 147 Å². The van der Waals surface area contributed by atoms with Gasteiger partial charge in [0.1, 0.15) is 5.75 Å². The van der Waals surface area contributed by atoms with Crippen molar-refractivity contribution in [2.45, 2.75) is 12.6 Å². The van der Waals surface area contributed by atoms with Gasteiger partial charge in [0.2, 0.25) is 0 Å². The fourth-order valence-corrected chi connectivity index (χ4v) is 3.31. The molecule has 0 amide bonds. The van der Waals surface area contributed by atoms with E-state index in [1.807, 2.05) is 24.3 Å². The highest BCUT2D eigenvalue weighted by molar-refractivity contribution is 9.10. The molecule has 0 aliphatic carbocycles. The Bertz CT molecular complexity index is 646. The smallest absolute Gasteiger partial charge is 0.130 e. The Morgan fingerprint density at radius 3 is 2.68 bits per heavy atom. The number of halogens is 2. The number of ether oxygens (including phenoxy) is 1. The highest BCUT2D eigenvalue weighted by Gasteiger charge is 2.22. The molecule has 1 heterocycles. The third-order valence-corrected chi connectivity index (χ3v) is 5.29. The van der Waals surface area contributed by atoms with Crippen LogP contribution >= 0.6 is 31.9 Å². The van der Waals surface area contributed by atoms with Crippen LogP contribution in [0.1, 0.15) is 17.2 Å². The summed E-state index contributed by atoms with van der Waals surface area (Å²) < 4.78 is 7.76. The summed E-state index contributed by atoms with van der Waals surface area (Å²) in [5, 5.41) is 9.79. The predicted molar refractivity (Wildman–Crippen MR) is 93.9 cm³/mol. The lowest BCUT2D eigenvalue weighted by Gasteiger charge is -2.33. The monoisotopic (exact) mass is 425 g/mol. The largest absolute Gasteiger partial charge is 0.507 e. The second-order valence-electron chi connectivity index (χ2n) is 5.40. The Morgan fingerprint density at radius 2 is 1.91 bits per heavy atom. The van der Waals surface area contributed by atoms with Gasteiger partial charge in [-0.2, -0.15) is 0 Å². The normalized spacial score (nSPS) is 19.3. The van der Waals surface area contributed by atoms with Gasteiger partial charge in [0.15, 0.2) is 0 Å². The minimum absolute atomic E-state index is 0.0953. The zero-order valence-electron chi connectivity index (χ0n) is 12.0. The Balaban J connectivity index is 1.70. The molecule has 0 saturated carbocycles. The van der Waals surface area contributed by atoms with Gasteiger partial charge in [-0.1, -0.05) is 40.2 Å². The first-order chi connectivity index (χ1) is 10.6. The molecule has 0 aromatic heterocycles. The zero-order valence-corrected chi connectivity index (χ0v) is 15.2. The van der Waals surface area contributed by atoms with E-state index in [2.05, 4.69) is 48.9 Å². The molecule has 3 rings (SSSR count). The van der Waals surface area contributed by atoms with Gasteiger partial charge < -0.3 is 9.84 Å². The second kappa shape index (κ2) is 7.13. The number of rotatable bonds is 3. The molecule has 0 radical (unpaired) electrons. The van der Waals surface area contributed by atoms with Crippen LogP contribution in [0.2, 0.25) is 0 Å². The molecule has 1 fully saturated rings. The van der Waals surface area contributed by atoms with E-state index in [1.54, 1.807) is 6.07 Å². The van der Waals surface area contributed by atoms with Crippen LogP contribution in [-0.4, -0.2) is 29.7 Å². The number of benzene rings is 2. The lowest BCUT2D eigenvalue weighted by atomic mass is 10.1. The van der Waals surface area contributed by atoms with Gasteiger partial charge in [-0.15, -0.1) is 0 Å². The maximum Gasteiger partial charge on any atom is 0.130 e. The standard InChI is InChI=1S/C17H17Br2NO2/c18-14-6-4-12(5-7-14)16-11-20(8-9-22-16)10-13-2-1-3-15(21)17(13)19/h1-7,16,21H,8-11H2. The summed E-state index contributed by atoms with van der Waals surface area (Å²) in [7, 11) is 0. The number of morpholine rings is 1. The van der Waals surface area contributed by atoms with E-state index in [0.29, 0.717) is 0 Å². The quantitative estimate of drug-likeness (QED) is 0.784. The van der Waals surface area contributed by atoms with Crippen LogP contribution in [0.4, 0.5) is 0 Å². The van der Waals surface area contributed by atoms with Gasteiger partial charge in [-0.25, -0.2) is 0 Å². The second-order valence-corrected chi connectivity index (χ2v) is 7.11. The minimum atomic E-state index is 0.0953. The molecule has 1 aliphatic rings. The number of phenolic OH excluding ortho intramolecular Hbond substituents is 1. The van der Waals surface area contributed by atoms with E-state index in [9.17, 15) is 5.11 Å². The van der Waals surface area contributed by atoms with E-state index in [1.165, 1.54) is 5.56 Å². The van der Waals surface area contributed by atoms with Gasteiger partial charge in [0.05, 0.1) is 17.2 Å². The molecule has 1 aliphatic heterocycles. The van der Waals surface area contributed by atoms with Gasteiger partial charge in [0.25, 0.3) is 0 Å². The van der Waals surface area contributed by atoms with Crippen LogP contribution in [0.5, 0.6) is 5.75 Å². The summed E-state index contributed by atoms with van der Waals surface area (Å²) in [6, 6.07) is 13.9. The average molecular weight is 427 g/mol. The average Bonchev–Trinajstić information content (AvgIpc) is 2.53. The lowest BCUT2D eigenvalue weighted by Crippen LogP contribution is -2.37. The third-order valence-electron chi connectivity index (χ3n) is 3.84. The van der Waals surface area contributed by atoms with Crippen molar-refractivity contribution in [1.29, 1.82) is 0 Å². The summed E-state index contributed by atoms with van der Waals surface area (Å²) >= 11 is 6.92. The number of nitrogens with zero attached hydrogens (tertiary/aromatic N) is 1. The van der Waals surface area contributed by atoms with Crippen molar-refractivity contribution in [2.75, 3.05) is 19.7 Å². The fourth-order valence-electron chi connectivity index (χ4n) is 2.65. The molecule has 5 heteroatoms. The number of hydrogen-bond acceptors (Lipinski definition) is 3. The van der Waals surface area contributed by atoms with Crippen molar-refractivity contribution in [1.82, 2.24) is 4.90 Å². The maximum atomic E-state index is 9.79. The van der Waals surface area contributed by atoms with Crippen molar-refractivity contribution in [3.8, 4) is 5.75 Å². The first kappa shape index (κ1) is 16.0. The Morgan fingerprint density at radius 1 is 1.14 bits per heavy atom. The Kier molecular flexibility index (Phi) is 5.18. The molecule has 2 aromatic rings. The number of hydrogen-bond donors (Lipinski definition) is 1. The van der Waals surface area contributed by atoms with Crippen molar-refractivity contribution >= 4 is 31.9 Å². The summed E-state index contributed by atoms with van der Waals surface area (Å²) in [5.41, 5.74) is 2.29. The van der Waals surface area contributed by atoms with Crippen LogP contribution in [0.15, 0.2) is 51.4 Å². The molecule has 0 spiro atoms. The molecule has 1 atom stereocenters. The maximum absolute atomic E-state index is 9.79. The third kappa shape index (κ3) is 3.71. The van der Waals surface area contributed by atoms with Crippen LogP contribution in [-0.2, 0) is 11.3 Å². The van der Waals surface area contributed by atoms with Crippen molar-refractivity contribution in [3.63, 3.8) is 0 Å². The van der Waals surface area contributed by atoms with E-state index >= 15 is 0 Å². The highest BCUT2D eigenvalue weighted by atomic mass is 79.9. The Hall–Kier alpha value is -0.880. The topological polar surface area (TPSA) is 32.7 Å². The molecule has 1 N–H and O–H groups in total. The van der Waals surface area contributed by atoms with Crippen molar-refractivity contribution < 1.29 is 9.84 Å². The molecule has 22 heavy (non-hydrogen) atoms. The molecular weight excluding hydrogens is 410 g/mol. The van der Waals surface area contributed by atoms with Gasteiger partial charge in [-0.3, -0.25) is 4.90 Å². The summed E-state index contributed by atoms with van der Waals surface area (Å²) in [4.78, 5) is 2.36.